The molecule has 1 saturated heterocycles. The number of carbonyl (C=O) groups is 1. The van der Waals surface area contributed by atoms with Crippen molar-refractivity contribution in [3.8, 4) is 0 Å². The van der Waals surface area contributed by atoms with E-state index in [1.54, 1.807) is 0 Å². The Morgan fingerprint density at radius 3 is 2.62 bits per heavy atom. The number of hydrogen-bond donors (Lipinski definition) is 1. The van der Waals surface area contributed by atoms with E-state index < -0.39 is 0 Å². The number of carbonyl (C=O) groups excluding carboxylic acids is 1. The van der Waals surface area contributed by atoms with Gasteiger partial charge in [0.25, 0.3) is 0 Å². The zero-order valence-corrected chi connectivity index (χ0v) is 8.72. The van der Waals surface area contributed by atoms with E-state index in [0.29, 0.717) is 0 Å². The van der Waals surface area contributed by atoms with E-state index in [9.17, 15) is 4.79 Å². The van der Waals surface area contributed by atoms with Gasteiger partial charge in [-0.25, -0.2) is 0 Å². The first kappa shape index (κ1) is 10.5. The molecule has 0 spiro atoms. The van der Waals surface area contributed by atoms with Crippen molar-refractivity contribution < 1.29 is 9.53 Å². The molecular formula is C10H19NO2. The molecule has 0 radical (unpaired) electrons. The lowest BCUT2D eigenvalue weighted by Crippen LogP contribution is -2.49. The minimum Gasteiger partial charge on any atom is -0.380 e. The fourth-order valence-corrected chi connectivity index (χ4v) is 1.21. The van der Waals surface area contributed by atoms with Crippen LogP contribution < -0.4 is 5.32 Å². The number of hydrogen-bond acceptors (Lipinski definition) is 2. The van der Waals surface area contributed by atoms with Crippen LogP contribution >= 0.6 is 0 Å². The fourth-order valence-electron chi connectivity index (χ4n) is 1.21. The molecule has 0 aromatic rings. The Morgan fingerprint density at radius 2 is 2.23 bits per heavy atom. The lowest BCUT2D eigenvalue weighted by molar-refractivity contribution is -0.129. The molecule has 1 fully saturated rings. The Morgan fingerprint density at radius 1 is 1.62 bits per heavy atom. The molecule has 76 valence electrons. The van der Waals surface area contributed by atoms with E-state index in [-0.39, 0.29) is 17.2 Å². The molecule has 1 aliphatic heterocycles. The van der Waals surface area contributed by atoms with Crippen LogP contribution in [-0.2, 0) is 9.53 Å². The van der Waals surface area contributed by atoms with Gasteiger partial charge in [0.2, 0.25) is 5.91 Å². The minimum absolute atomic E-state index is 0.129. The van der Waals surface area contributed by atoms with Crippen LogP contribution in [0.1, 0.15) is 27.2 Å². The normalized spacial score (nSPS) is 21.8. The molecule has 1 unspecified atom stereocenters. The highest BCUT2D eigenvalue weighted by Gasteiger charge is 2.33. The number of rotatable bonds is 4. The van der Waals surface area contributed by atoms with Gasteiger partial charge < -0.3 is 10.1 Å². The highest BCUT2D eigenvalue weighted by molar-refractivity contribution is 5.78. The predicted octanol–water partition coefficient (Wildman–Crippen LogP) is 1.19. The summed E-state index contributed by atoms with van der Waals surface area (Å²) >= 11 is 0. The first-order chi connectivity index (χ1) is 6.07. The second-order valence-corrected chi connectivity index (χ2v) is 4.33. The molecule has 0 aromatic heterocycles. The molecule has 3 nitrogen and oxygen atoms in total. The Balaban J connectivity index is 2.21. The quantitative estimate of drug-likeness (QED) is 0.714. The van der Waals surface area contributed by atoms with Gasteiger partial charge in [0.15, 0.2) is 0 Å². The highest BCUT2D eigenvalue weighted by Crippen LogP contribution is 2.25. The number of amides is 1. The summed E-state index contributed by atoms with van der Waals surface area (Å²) in [5.41, 5.74) is 0.184. The monoisotopic (exact) mass is 185 g/mol. The molecular weight excluding hydrogens is 166 g/mol. The van der Waals surface area contributed by atoms with E-state index in [0.717, 1.165) is 26.2 Å². The van der Waals surface area contributed by atoms with Crippen LogP contribution in [0.2, 0.25) is 0 Å². The van der Waals surface area contributed by atoms with Gasteiger partial charge in [0.1, 0.15) is 0 Å². The summed E-state index contributed by atoms with van der Waals surface area (Å²) in [6.45, 7) is 8.40. The van der Waals surface area contributed by atoms with Crippen molar-refractivity contribution in [2.75, 3.05) is 19.8 Å². The Kier molecular flexibility index (Phi) is 3.31. The van der Waals surface area contributed by atoms with Crippen molar-refractivity contribution in [3.05, 3.63) is 0 Å². The van der Waals surface area contributed by atoms with E-state index in [1.807, 2.05) is 13.8 Å². The molecule has 0 aromatic carbocycles. The van der Waals surface area contributed by atoms with Crippen molar-refractivity contribution in [1.82, 2.24) is 5.32 Å². The second kappa shape index (κ2) is 4.09. The van der Waals surface area contributed by atoms with Gasteiger partial charge in [-0.3, -0.25) is 4.79 Å². The minimum atomic E-state index is 0.129. The molecule has 0 aliphatic carbocycles. The predicted molar refractivity (Wildman–Crippen MR) is 51.4 cm³/mol. The summed E-state index contributed by atoms with van der Waals surface area (Å²) in [5.74, 6) is 0.292. The first-order valence-corrected chi connectivity index (χ1v) is 4.93. The average molecular weight is 185 g/mol. The van der Waals surface area contributed by atoms with Gasteiger partial charge in [-0.2, -0.15) is 0 Å². The van der Waals surface area contributed by atoms with Gasteiger partial charge in [-0.05, 0) is 6.42 Å². The van der Waals surface area contributed by atoms with Crippen molar-refractivity contribution in [3.63, 3.8) is 0 Å². The maximum Gasteiger partial charge on any atom is 0.222 e. The van der Waals surface area contributed by atoms with Gasteiger partial charge in [-0.1, -0.05) is 20.8 Å². The van der Waals surface area contributed by atoms with Crippen LogP contribution in [0.5, 0.6) is 0 Å². The third-order valence-electron chi connectivity index (χ3n) is 2.65. The maximum atomic E-state index is 11.4. The summed E-state index contributed by atoms with van der Waals surface area (Å²) in [6.07, 6.45) is 0.902. The molecule has 1 N–H and O–H groups in total. The SMILES string of the molecule is CCC(C)C(=O)NCC1(C)COC1. The van der Waals surface area contributed by atoms with E-state index in [1.165, 1.54) is 0 Å². The molecule has 1 aliphatic rings. The first-order valence-electron chi connectivity index (χ1n) is 4.93. The Bertz CT molecular complexity index is 187. The van der Waals surface area contributed by atoms with Crippen molar-refractivity contribution in [1.29, 1.82) is 0 Å². The molecule has 3 heteroatoms. The zero-order valence-electron chi connectivity index (χ0n) is 8.72. The molecule has 0 bridgehead atoms. The van der Waals surface area contributed by atoms with Crippen LogP contribution in [0, 0.1) is 11.3 Å². The van der Waals surface area contributed by atoms with Crippen LogP contribution in [0.4, 0.5) is 0 Å². The Labute approximate surface area is 79.8 Å². The summed E-state index contributed by atoms with van der Waals surface area (Å²) < 4.78 is 5.11. The third kappa shape index (κ3) is 2.69. The largest absolute Gasteiger partial charge is 0.380 e. The van der Waals surface area contributed by atoms with Gasteiger partial charge in [0.05, 0.1) is 13.2 Å². The second-order valence-electron chi connectivity index (χ2n) is 4.33. The summed E-state index contributed by atoms with van der Waals surface area (Å²) in [6, 6.07) is 0. The van der Waals surface area contributed by atoms with E-state index >= 15 is 0 Å². The van der Waals surface area contributed by atoms with E-state index in [2.05, 4.69) is 12.2 Å². The molecule has 0 saturated carbocycles. The molecule has 1 rings (SSSR count). The number of nitrogens with one attached hydrogen (secondary N) is 1. The van der Waals surface area contributed by atoms with Crippen LogP contribution in [-0.4, -0.2) is 25.7 Å². The summed E-state index contributed by atoms with van der Waals surface area (Å²) in [4.78, 5) is 11.4. The summed E-state index contributed by atoms with van der Waals surface area (Å²) in [5, 5.41) is 2.96. The molecule has 1 amide bonds. The summed E-state index contributed by atoms with van der Waals surface area (Å²) in [7, 11) is 0. The fraction of sp³-hybridized carbons (Fsp3) is 0.900. The lowest BCUT2D eigenvalue weighted by atomic mass is 9.88. The van der Waals surface area contributed by atoms with Gasteiger partial charge >= 0.3 is 0 Å². The molecule has 1 atom stereocenters. The third-order valence-corrected chi connectivity index (χ3v) is 2.65. The van der Waals surface area contributed by atoms with Crippen molar-refractivity contribution in [2.24, 2.45) is 11.3 Å². The topological polar surface area (TPSA) is 38.3 Å². The highest BCUT2D eigenvalue weighted by atomic mass is 16.5. The van der Waals surface area contributed by atoms with Crippen LogP contribution in [0.15, 0.2) is 0 Å². The molecule has 1 heterocycles. The van der Waals surface area contributed by atoms with E-state index in [4.69, 9.17) is 4.74 Å². The number of ether oxygens (including phenoxy) is 1. The smallest absolute Gasteiger partial charge is 0.222 e. The standard InChI is InChI=1S/C10H19NO2/c1-4-8(2)9(12)11-5-10(3)6-13-7-10/h8H,4-7H2,1-3H3,(H,11,12). The van der Waals surface area contributed by atoms with Gasteiger partial charge in [0, 0.05) is 17.9 Å². The lowest BCUT2D eigenvalue weighted by Gasteiger charge is -2.38. The van der Waals surface area contributed by atoms with Crippen LogP contribution in [0.25, 0.3) is 0 Å². The zero-order chi connectivity index (χ0) is 9.90. The average Bonchev–Trinajstić information content (AvgIpc) is 2.09. The van der Waals surface area contributed by atoms with Crippen molar-refractivity contribution in [2.45, 2.75) is 27.2 Å². The van der Waals surface area contributed by atoms with Crippen molar-refractivity contribution >= 4 is 5.91 Å². The van der Waals surface area contributed by atoms with Crippen LogP contribution in [0.3, 0.4) is 0 Å². The Hall–Kier alpha value is -0.570. The molecule has 13 heavy (non-hydrogen) atoms. The maximum absolute atomic E-state index is 11.4. The van der Waals surface area contributed by atoms with Gasteiger partial charge in [-0.15, -0.1) is 0 Å².